The fraction of sp³-hybridized carbons (Fsp3) is 0.500. The molecule has 110 valence electrons. The molecular formula is C12H15F3N4S. The average Bonchev–Trinajstić information content (AvgIpc) is 2.73. The fourth-order valence-corrected chi connectivity index (χ4v) is 2.66. The smallest absolute Gasteiger partial charge is 0.369 e. The van der Waals surface area contributed by atoms with Gasteiger partial charge in [-0.25, -0.2) is 4.98 Å². The van der Waals surface area contributed by atoms with E-state index in [1.165, 1.54) is 11.3 Å². The van der Waals surface area contributed by atoms with Gasteiger partial charge in [-0.15, -0.1) is 11.3 Å². The second-order valence-corrected chi connectivity index (χ2v) is 5.60. The zero-order chi connectivity index (χ0) is 14.8. The molecule has 2 aromatic rings. The molecule has 0 aromatic carbocycles. The Balaban J connectivity index is 2.12. The van der Waals surface area contributed by atoms with Crippen molar-refractivity contribution in [3.8, 4) is 0 Å². The minimum atomic E-state index is -4.11. The van der Waals surface area contributed by atoms with Crippen LogP contribution in [0.15, 0.2) is 6.07 Å². The maximum atomic E-state index is 12.1. The molecular weight excluding hydrogens is 289 g/mol. The number of nitrogens with one attached hydrogen (secondary N) is 2. The third-order valence-electron chi connectivity index (χ3n) is 2.67. The van der Waals surface area contributed by atoms with Gasteiger partial charge in [0.2, 0.25) is 5.95 Å². The minimum Gasteiger partial charge on any atom is -0.369 e. The molecule has 0 radical (unpaired) electrons. The van der Waals surface area contributed by atoms with Crippen molar-refractivity contribution in [2.45, 2.75) is 25.9 Å². The van der Waals surface area contributed by atoms with E-state index in [9.17, 15) is 13.2 Å². The molecule has 2 rings (SSSR count). The number of nitrogens with zero attached hydrogens (tertiary/aromatic N) is 2. The minimum absolute atomic E-state index is 0.0208. The molecule has 4 nitrogen and oxygen atoms in total. The average molecular weight is 304 g/mol. The summed E-state index contributed by atoms with van der Waals surface area (Å²) in [5, 5.41) is 6.66. The van der Waals surface area contributed by atoms with E-state index in [4.69, 9.17) is 0 Å². The molecule has 0 amide bonds. The van der Waals surface area contributed by atoms with Crippen LogP contribution in [0.25, 0.3) is 10.2 Å². The van der Waals surface area contributed by atoms with Crippen LogP contribution in [0.1, 0.15) is 17.7 Å². The summed E-state index contributed by atoms with van der Waals surface area (Å²) in [5.74, 6) is 1.03. The number of rotatable bonds is 5. The summed E-state index contributed by atoms with van der Waals surface area (Å²) in [6, 6.07) is 1.94. The van der Waals surface area contributed by atoms with Crippen LogP contribution in [0.3, 0.4) is 0 Å². The molecule has 0 fully saturated rings. The third-order valence-corrected chi connectivity index (χ3v) is 3.61. The first kappa shape index (κ1) is 14.8. The van der Waals surface area contributed by atoms with E-state index in [1.807, 2.05) is 13.0 Å². The summed E-state index contributed by atoms with van der Waals surface area (Å²) in [6.45, 7) is 2.18. The van der Waals surface area contributed by atoms with Gasteiger partial charge < -0.3 is 10.6 Å². The van der Waals surface area contributed by atoms with Crippen molar-refractivity contribution in [2.24, 2.45) is 0 Å². The summed E-state index contributed by atoms with van der Waals surface area (Å²) in [7, 11) is 1.70. The standard InChI is InChI=1S/C12H15F3N4S/c1-7-6-8-9(17-5-3-4-12(13,14)15)18-11(16-2)19-10(8)20-7/h6H,3-5H2,1-2H3,(H2,16,17,18,19). The van der Waals surface area contributed by atoms with Gasteiger partial charge in [-0.2, -0.15) is 18.2 Å². The van der Waals surface area contributed by atoms with E-state index >= 15 is 0 Å². The van der Waals surface area contributed by atoms with Gasteiger partial charge in [-0.3, -0.25) is 0 Å². The molecule has 0 saturated heterocycles. The number of aryl methyl sites for hydroxylation is 1. The van der Waals surface area contributed by atoms with Crippen LogP contribution in [0.4, 0.5) is 24.9 Å². The molecule has 0 spiro atoms. The quantitative estimate of drug-likeness (QED) is 0.825. The number of aromatic nitrogens is 2. The summed E-state index contributed by atoms with van der Waals surface area (Å²) in [4.78, 5) is 10.5. The molecule has 0 aliphatic heterocycles. The second-order valence-electron chi connectivity index (χ2n) is 4.37. The lowest BCUT2D eigenvalue weighted by molar-refractivity contribution is -0.134. The van der Waals surface area contributed by atoms with E-state index in [0.717, 1.165) is 15.1 Å². The normalized spacial score (nSPS) is 11.8. The molecule has 0 aliphatic rings. The molecule has 8 heteroatoms. The maximum Gasteiger partial charge on any atom is 0.389 e. The Kier molecular flexibility index (Phi) is 4.32. The first-order chi connectivity index (χ1) is 9.39. The van der Waals surface area contributed by atoms with Crippen molar-refractivity contribution < 1.29 is 13.2 Å². The zero-order valence-corrected chi connectivity index (χ0v) is 12.0. The molecule has 0 atom stereocenters. The van der Waals surface area contributed by atoms with Crippen molar-refractivity contribution in [2.75, 3.05) is 24.2 Å². The Labute approximate surface area is 118 Å². The van der Waals surface area contributed by atoms with E-state index < -0.39 is 12.6 Å². The van der Waals surface area contributed by atoms with Crippen LogP contribution in [0.2, 0.25) is 0 Å². The SMILES string of the molecule is CNc1nc(NCCCC(F)(F)F)c2cc(C)sc2n1. The van der Waals surface area contributed by atoms with Gasteiger partial charge in [0, 0.05) is 24.9 Å². The topological polar surface area (TPSA) is 49.8 Å². The van der Waals surface area contributed by atoms with E-state index in [2.05, 4.69) is 20.6 Å². The van der Waals surface area contributed by atoms with Crippen molar-refractivity contribution >= 4 is 33.3 Å². The van der Waals surface area contributed by atoms with Crippen molar-refractivity contribution in [1.29, 1.82) is 0 Å². The van der Waals surface area contributed by atoms with Gasteiger partial charge >= 0.3 is 6.18 Å². The highest BCUT2D eigenvalue weighted by atomic mass is 32.1. The zero-order valence-electron chi connectivity index (χ0n) is 11.1. The summed E-state index contributed by atoms with van der Waals surface area (Å²) in [6.07, 6.45) is -4.89. The molecule has 2 aromatic heterocycles. The lowest BCUT2D eigenvalue weighted by Gasteiger charge is -2.09. The van der Waals surface area contributed by atoms with E-state index in [-0.39, 0.29) is 13.0 Å². The Morgan fingerprint density at radius 1 is 1.30 bits per heavy atom. The van der Waals surface area contributed by atoms with E-state index in [1.54, 1.807) is 7.05 Å². The summed E-state index contributed by atoms with van der Waals surface area (Å²) >= 11 is 1.53. The van der Waals surface area contributed by atoms with Gasteiger partial charge in [0.1, 0.15) is 10.6 Å². The molecule has 0 unspecified atom stereocenters. The van der Waals surface area contributed by atoms with Crippen LogP contribution in [-0.4, -0.2) is 29.7 Å². The number of anilines is 2. The highest BCUT2D eigenvalue weighted by Crippen LogP contribution is 2.29. The highest BCUT2D eigenvalue weighted by molar-refractivity contribution is 7.18. The predicted octanol–water partition coefficient (Wildman–Crippen LogP) is 3.80. The fourth-order valence-electron chi connectivity index (χ4n) is 1.78. The van der Waals surface area contributed by atoms with Crippen LogP contribution < -0.4 is 10.6 Å². The van der Waals surface area contributed by atoms with Crippen LogP contribution in [0.5, 0.6) is 0 Å². The number of halogens is 3. The monoisotopic (exact) mass is 304 g/mol. The molecule has 0 saturated carbocycles. The highest BCUT2D eigenvalue weighted by Gasteiger charge is 2.25. The number of thiophene rings is 1. The lowest BCUT2D eigenvalue weighted by Crippen LogP contribution is -2.12. The van der Waals surface area contributed by atoms with Crippen LogP contribution >= 0.6 is 11.3 Å². The second kappa shape index (κ2) is 5.82. The molecule has 0 aliphatic carbocycles. The molecule has 2 heterocycles. The molecule has 0 bridgehead atoms. The number of hydrogen-bond donors (Lipinski definition) is 2. The Morgan fingerprint density at radius 3 is 2.70 bits per heavy atom. The Hall–Kier alpha value is -1.57. The summed E-state index contributed by atoms with van der Waals surface area (Å²) < 4.78 is 36.3. The van der Waals surface area contributed by atoms with Crippen molar-refractivity contribution in [1.82, 2.24) is 9.97 Å². The first-order valence-corrected chi connectivity index (χ1v) is 6.97. The van der Waals surface area contributed by atoms with Gasteiger partial charge in [0.15, 0.2) is 0 Å². The number of fused-ring (bicyclic) bond motifs is 1. The largest absolute Gasteiger partial charge is 0.389 e. The third kappa shape index (κ3) is 3.72. The maximum absolute atomic E-state index is 12.1. The lowest BCUT2D eigenvalue weighted by atomic mass is 10.3. The first-order valence-electron chi connectivity index (χ1n) is 6.15. The summed E-state index contributed by atoms with van der Waals surface area (Å²) in [5.41, 5.74) is 0. The Bertz CT molecular complexity index is 594. The van der Waals surface area contributed by atoms with Gasteiger partial charge in [0.25, 0.3) is 0 Å². The Morgan fingerprint density at radius 2 is 2.05 bits per heavy atom. The van der Waals surface area contributed by atoms with Gasteiger partial charge in [0.05, 0.1) is 5.39 Å². The van der Waals surface area contributed by atoms with Gasteiger partial charge in [-0.05, 0) is 19.4 Å². The number of hydrogen-bond acceptors (Lipinski definition) is 5. The van der Waals surface area contributed by atoms with Crippen molar-refractivity contribution in [3.63, 3.8) is 0 Å². The van der Waals surface area contributed by atoms with Crippen LogP contribution in [0, 0.1) is 6.92 Å². The van der Waals surface area contributed by atoms with Gasteiger partial charge in [-0.1, -0.05) is 0 Å². The molecule has 20 heavy (non-hydrogen) atoms. The molecule has 2 N–H and O–H groups in total. The van der Waals surface area contributed by atoms with E-state index in [0.29, 0.717) is 11.8 Å². The van der Waals surface area contributed by atoms with Crippen LogP contribution in [-0.2, 0) is 0 Å². The predicted molar refractivity (Wildman–Crippen MR) is 75.5 cm³/mol. The van der Waals surface area contributed by atoms with Crippen molar-refractivity contribution in [3.05, 3.63) is 10.9 Å². The number of alkyl halides is 3.